The molecule has 0 bridgehead atoms. The van der Waals surface area contributed by atoms with Gasteiger partial charge in [-0.25, -0.2) is 19.6 Å². The number of aromatic nitrogens is 8. The molecule has 8 rings (SSSR count). The molecular weight excluding hydrogens is 920 g/mol. The molecule has 6 aromatic rings. The SMILES string of the molecule is CCOC(=O)c1c(CC)ccnc1O[C@@H]1CC[C@@H](C)N(C(=O)c2ccccc2-n2nccn2)C1.CC[O-].CCc1ccnc(O[C@@H]2CC[C@@H](C)N(C(=O)c3ccccc3-n3nccn3)C2)c1C(=O)OC.[Na+]. The maximum Gasteiger partial charge on any atom is 1.00 e. The van der Waals surface area contributed by atoms with E-state index in [1.807, 2.05) is 69.0 Å². The molecule has 0 aliphatic carbocycles. The Hall–Kier alpha value is -6.54. The maximum atomic E-state index is 13.6. The zero-order valence-corrected chi connectivity index (χ0v) is 43.8. The van der Waals surface area contributed by atoms with Crippen LogP contribution in [0.4, 0.5) is 0 Å². The zero-order chi connectivity index (χ0) is 50.2. The number of benzene rings is 2. The van der Waals surface area contributed by atoms with Crippen molar-refractivity contribution < 1.29 is 72.8 Å². The molecule has 0 unspecified atom stereocenters. The molecular formula is C51H61N10NaO9. The van der Waals surface area contributed by atoms with Crippen molar-refractivity contribution in [3.05, 3.63) is 131 Å². The number of para-hydroxylation sites is 2. The summed E-state index contributed by atoms with van der Waals surface area (Å²) in [7, 11) is 1.34. The Kier molecular flexibility index (Phi) is 21.2. The number of carbonyl (C=O) groups excluding carboxylic acids is 4. The van der Waals surface area contributed by atoms with Gasteiger partial charge < -0.3 is 33.9 Å². The summed E-state index contributed by atoms with van der Waals surface area (Å²) in [5.74, 6) is -0.658. The Balaban J connectivity index is 0.000000247. The van der Waals surface area contributed by atoms with E-state index >= 15 is 0 Å². The first-order valence-corrected chi connectivity index (χ1v) is 23.6. The van der Waals surface area contributed by atoms with E-state index in [1.165, 1.54) is 16.7 Å². The molecule has 2 aliphatic rings. The van der Waals surface area contributed by atoms with Crippen LogP contribution in [0.15, 0.2) is 97.8 Å². The number of carbonyl (C=O) groups is 4. The molecule has 19 nitrogen and oxygen atoms in total. The predicted octanol–water partition coefficient (Wildman–Crippen LogP) is 2.93. The van der Waals surface area contributed by atoms with Crippen LogP contribution >= 0.6 is 0 Å². The fraction of sp³-hybridized carbons (Fsp3) is 0.412. The molecule has 20 heteroatoms. The first-order chi connectivity index (χ1) is 34.0. The molecule has 370 valence electrons. The smallest absolute Gasteiger partial charge is 0.855 e. The predicted molar refractivity (Wildman–Crippen MR) is 256 cm³/mol. The standard InChI is InChI=1S/C25H29N5O4.C24H27N5O4.C2H5O.Na/c1-4-18-12-13-26-23(22(18)25(32)33-5-2)34-19-11-10-17(3)29(16-19)24(31)20-8-6-7-9-21(20)30-27-14-15-28-30;1-4-17-11-12-25-22(21(17)24(31)32-3)33-18-10-9-16(2)28(15-18)23(30)19-7-5-6-8-20(19)29-26-13-14-27-29;1-2-3;/h6-9,12-15,17,19H,4-5,10-11,16H2,1-3H3;5-8,11-14,16,18H,4,9-10,15H2,1-3H3;2H2,1H3;/q;;-1;+1/t17-,19-;16-,18-;;/m11../s1. The monoisotopic (exact) mass is 980 g/mol. The van der Waals surface area contributed by atoms with Gasteiger partial charge in [-0.3, -0.25) is 9.59 Å². The summed E-state index contributed by atoms with van der Waals surface area (Å²) in [6.45, 7) is 12.3. The van der Waals surface area contributed by atoms with Crippen LogP contribution in [0.3, 0.4) is 0 Å². The minimum Gasteiger partial charge on any atom is -0.855 e. The fourth-order valence-electron chi connectivity index (χ4n) is 8.34. The second kappa shape index (κ2) is 27.2. The Labute approximate surface area is 436 Å². The number of hydrogen-bond acceptors (Lipinski definition) is 15. The number of amides is 2. The van der Waals surface area contributed by atoms with Crippen LogP contribution in [0.2, 0.25) is 0 Å². The van der Waals surface area contributed by atoms with E-state index in [9.17, 15) is 19.2 Å². The number of piperidine rings is 2. The zero-order valence-electron chi connectivity index (χ0n) is 41.8. The Morgan fingerprint density at radius 2 is 0.986 bits per heavy atom. The Morgan fingerprint density at radius 1 is 0.592 bits per heavy atom. The third-order valence-corrected chi connectivity index (χ3v) is 11.9. The minimum absolute atomic E-state index is 0. The van der Waals surface area contributed by atoms with Gasteiger partial charge in [0, 0.05) is 24.5 Å². The third kappa shape index (κ3) is 13.7. The van der Waals surface area contributed by atoms with Gasteiger partial charge in [0.05, 0.1) is 74.1 Å². The molecule has 4 aromatic heterocycles. The van der Waals surface area contributed by atoms with Gasteiger partial charge >= 0.3 is 41.5 Å². The largest absolute Gasteiger partial charge is 1.00 e. The van der Waals surface area contributed by atoms with Crippen molar-refractivity contribution in [1.29, 1.82) is 0 Å². The van der Waals surface area contributed by atoms with Crippen molar-refractivity contribution in [3.63, 3.8) is 0 Å². The first kappa shape index (κ1) is 55.4. The summed E-state index contributed by atoms with van der Waals surface area (Å²) < 4.78 is 22.6. The number of rotatable bonds is 13. The molecule has 0 radical (unpaired) electrons. The van der Waals surface area contributed by atoms with E-state index in [1.54, 1.807) is 80.2 Å². The second-order valence-corrected chi connectivity index (χ2v) is 16.4. The van der Waals surface area contributed by atoms with Crippen molar-refractivity contribution in [2.45, 2.75) is 104 Å². The van der Waals surface area contributed by atoms with Gasteiger partial charge in [0.15, 0.2) is 0 Å². The van der Waals surface area contributed by atoms with Gasteiger partial charge in [-0.2, -0.15) is 30.0 Å². The Bertz CT molecular complexity index is 2670. The number of methoxy groups -OCH3 is 1. The molecule has 2 saturated heterocycles. The van der Waals surface area contributed by atoms with E-state index in [0.29, 0.717) is 59.6 Å². The summed E-state index contributed by atoms with van der Waals surface area (Å²) >= 11 is 0. The van der Waals surface area contributed by atoms with Crippen LogP contribution in [-0.2, 0) is 22.3 Å². The van der Waals surface area contributed by atoms with Crippen molar-refractivity contribution >= 4 is 23.8 Å². The number of nitrogens with zero attached hydrogens (tertiary/aromatic N) is 10. The molecule has 2 aliphatic heterocycles. The second-order valence-electron chi connectivity index (χ2n) is 16.4. The number of likely N-dealkylation sites (tertiary alicyclic amines) is 2. The van der Waals surface area contributed by atoms with Crippen LogP contribution in [0.5, 0.6) is 11.8 Å². The van der Waals surface area contributed by atoms with Gasteiger partial charge in [0.1, 0.15) is 23.3 Å². The van der Waals surface area contributed by atoms with Gasteiger partial charge in [-0.15, -0.1) is 6.61 Å². The summed E-state index contributed by atoms with van der Waals surface area (Å²) in [4.78, 5) is 67.3. The number of esters is 2. The van der Waals surface area contributed by atoms with Gasteiger partial charge in [0.2, 0.25) is 11.8 Å². The summed E-state index contributed by atoms with van der Waals surface area (Å²) in [5.41, 5.74) is 4.60. The van der Waals surface area contributed by atoms with Gasteiger partial charge in [0.25, 0.3) is 11.8 Å². The third-order valence-electron chi connectivity index (χ3n) is 11.9. The molecule has 6 heterocycles. The topological polar surface area (TPSA) is 222 Å². The van der Waals surface area contributed by atoms with E-state index in [0.717, 1.165) is 36.8 Å². The first-order valence-electron chi connectivity index (χ1n) is 23.6. The quantitative estimate of drug-likeness (QED) is 0.120. The van der Waals surface area contributed by atoms with Crippen LogP contribution in [0, 0.1) is 0 Å². The van der Waals surface area contributed by atoms with E-state index in [2.05, 4.69) is 30.4 Å². The van der Waals surface area contributed by atoms with Crippen LogP contribution in [0.1, 0.15) is 120 Å². The Morgan fingerprint density at radius 3 is 1.37 bits per heavy atom. The van der Waals surface area contributed by atoms with E-state index < -0.39 is 11.9 Å². The van der Waals surface area contributed by atoms with Crippen molar-refractivity contribution in [1.82, 2.24) is 49.8 Å². The number of ether oxygens (including phenoxy) is 4. The number of aryl methyl sites for hydroxylation is 2. The minimum atomic E-state index is -0.479. The van der Waals surface area contributed by atoms with Gasteiger partial charge in [-0.1, -0.05) is 45.0 Å². The van der Waals surface area contributed by atoms with Crippen LogP contribution < -0.4 is 44.1 Å². The summed E-state index contributed by atoms with van der Waals surface area (Å²) in [5, 5.41) is 25.6. The number of hydrogen-bond donors (Lipinski definition) is 0. The van der Waals surface area contributed by atoms with Crippen molar-refractivity contribution in [2.24, 2.45) is 0 Å². The van der Waals surface area contributed by atoms with Gasteiger partial charge in [-0.05, 0) is 107 Å². The summed E-state index contributed by atoms with van der Waals surface area (Å²) in [6.07, 6.45) is 13.3. The van der Waals surface area contributed by atoms with Crippen molar-refractivity contribution in [3.8, 4) is 23.1 Å². The number of pyridine rings is 2. The van der Waals surface area contributed by atoms with E-state index in [-0.39, 0.29) is 90.6 Å². The maximum absolute atomic E-state index is 13.6. The molecule has 0 saturated carbocycles. The molecule has 4 atom stereocenters. The van der Waals surface area contributed by atoms with Crippen molar-refractivity contribution in [2.75, 3.05) is 33.4 Å². The molecule has 2 aromatic carbocycles. The molecule has 2 fully saturated rings. The molecule has 0 N–H and O–H groups in total. The molecule has 71 heavy (non-hydrogen) atoms. The average Bonchev–Trinajstić information content (AvgIpc) is 4.14. The van der Waals surface area contributed by atoms with Crippen LogP contribution in [0.25, 0.3) is 11.4 Å². The molecule has 0 spiro atoms. The fourth-order valence-corrected chi connectivity index (χ4v) is 8.34. The van der Waals surface area contributed by atoms with E-state index in [4.69, 9.17) is 24.1 Å². The average molecular weight is 981 g/mol. The summed E-state index contributed by atoms with van der Waals surface area (Å²) in [6, 6.07) is 18.2. The normalized spacial score (nSPS) is 17.2. The van der Waals surface area contributed by atoms with Crippen LogP contribution in [-0.4, -0.2) is 131 Å². The molecule has 2 amide bonds.